The summed E-state index contributed by atoms with van der Waals surface area (Å²) >= 11 is 1.49. The number of aromatic nitrogens is 2. The lowest BCUT2D eigenvalue weighted by molar-refractivity contribution is -0.138. The highest BCUT2D eigenvalue weighted by atomic mass is 32.1. The highest BCUT2D eigenvalue weighted by Crippen LogP contribution is 2.39. The number of halogens is 3. The van der Waals surface area contributed by atoms with Crippen molar-refractivity contribution >= 4 is 17.2 Å². The third kappa shape index (κ3) is 6.70. The molecule has 6 nitrogen and oxygen atoms in total. The number of hydrogen-bond donors (Lipinski definition) is 2. The van der Waals surface area contributed by atoms with E-state index >= 15 is 0 Å². The largest absolute Gasteiger partial charge is 0.417 e. The quantitative estimate of drug-likeness (QED) is 0.542. The van der Waals surface area contributed by atoms with Crippen molar-refractivity contribution in [2.24, 2.45) is 5.92 Å². The van der Waals surface area contributed by atoms with Gasteiger partial charge < -0.3 is 15.3 Å². The molecule has 2 fully saturated rings. The average Bonchev–Trinajstić information content (AvgIpc) is 3.58. The molecule has 3 heterocycles. The Morgan fingerprint density at radius 2 is 1.92 bits per heavy atom. The summed E-state index contributed by atoms with van der Waals surface area (Å²) in [6.45, 7) is 4.94. The zero-order chi connectivity index (χ0) is 26.6. The van der Waals surface area contributed by atoms with Gasteiger partial charge in [-0.2, -0.15) is 13.2 Å². The Kier molecular flexibility index (Phi) is 8.91. The lowest BCUT2D eigenvalue weighted by Crippen LogP contribution is -2.44. The number of carbonyl (C=O) groups is 1. The molecule has 0 saturated heterocycles. The van der Waals surface area contributed by atoms with E-state index in [0.717, 1.165) is 49.4 Å². The van der Waals surface area contributed by atoms with Crippen LogP contribution in [0.2, 0.25) is 0 Å². The van der Waals surface area contributed by atoms with Crippen LogP contribution in [-0.4, -0.2) is 44.5 Å². The SMILES string of the molecule is CCC.O=C(C1CCC(NC2CCC(O)(c3nccs3)CC2)C1)N1CCc2ncc(C(F)(F)F)cc2C1. The number of alkyl halides is 3. The molecule has 2 N–H and O–H groups in total. The van der Waals surface area contributed by atoms with E-state index in [4.69, 9.17) is 0 Å². The van der Waals surface area contributed by atoms with Gasteiger partial charge in [0.15, 0.2) is 0 Å². The monoisotopic (exact) mass is 538 g/mol. The van der Waals surface area contributed by atoms with Gasteiger partial charge >= 0.3 is 6.18 Å². The second kappa shape index (κ2) is 11.8. The molecule has 5 rings (SSSR count). The molecule has 2 aliphatic carbocycles. The number of amides is 1. The molecule has 3 aliphatic rings. The Hall–Kier alpha value is -2.04. The molecule has 204 valence electrons. The van der Waals surface area contributed by atoms with Crippen LogP contribution in [0.15, 0.2) is 23.8 Å². The van der Waals surface area contributed by atoms with E-state index in [9.17, 15) is 23.1 Å². The molecule has 2 unspecified atom stereocenters. The summed E-state index contributed by atoms with van der Waals surface area (Å²) in [7, 11) is 0. The normalized spacial score (nSPS) is 27.8. The number of nitrogens with one attached hydrogen (secondary N) is 1. The van der Waals surface area contributed by atoms with Gasteiger partial charge in [-0.1, -0.05) is 20.3 Å². The van der Waals surface area contributed by atoms with E-state index in [-0.39, 0.29) is 24.4 Å². The van der Waals surface area contributed by atoms with Crippen molar-refractivity contribution in [2.45, 2.75) is 102 Å². The van der Waals surface area contributed by atoms with Crippen LogP contribution in [0.3, 0.4) is 0 Å². The fraction of sp³-hybridized carbons (Fsp3) is 0.667. The number of pyridine rings is 1. The summed E-state index contributed by atoms with van der Waals surface area (Å²) in [5, 5.41) is 17.3. The second-order valence-electron chi connectivity index (χ2n) is 10.6. The summed E-state index contributed by atoms with van der Waals surface area (Å²) in [5.41, 5.74) is -0.443. The van der Waals surface area contributed by atoms with E-state index in [1.54, 1.807) is 11.1 Å². The zero-order valence-electron chi connectivity index (χ0n) is 21.6. The molecule has 0 spiro atoms. The molecule has 2 aromatic heterocycles. The maximum atomic E-state index is 13.2. The molecule has 0 bridgehead atoms. The predicted octanol–water partition coefficient (Wildman–Crippen LogP) is 5.45. The van der Waals surface area contributed by atoms with Gasteiger partial charge in [0.1, 0.15) is 10.6 Å². The fourth-order valence-electron chi connectivity index (χ4n) is 5.65. The molecule has 0 aromatic carbocycles. The van der Waals surface area contributed by atoms with Crippen LogP contribution in [0.4, 0.5) is 13.2 Å². The summed E-state index contributed by atoms with van der Waals surface area (Å²) in [4.78, 5) is 23.1. The Labute approximate surface area is 220 Å². The number of rotatable bonds is 4. The van der Waals surface area contributed by atoms with Crippen LogP contribution in [-0.2, 0) is 29.5 Å². The van der Waals surface area contributed by atoms with Crippen molar-refractivity contribution in [3.63, 3.8) is 0 Å². The maximum absolute atomic E-state index is 13.2. The Morgan fingerprint density at radius 1 is 1.19 bits per heavy atom. The lowest BCUT2D eigenvalue weighted by Gasteiger charge is -2.36. The summed E-state index contributed by atoms with van der Waals surface area (Å²) in [6, 6.07) is 1.70. The second-order valence-corrected chi connectivity index (χ2v) is 11.5. The summed E-state index contributed by atoms with van der Waals surface area (Å²) in [5.74, 6) is -0.0669. The average molecular weight is 539 g/mol. The third-order valence-corrected chi connectivity index (χ3v) is 8.54. The summed E-state index contributed by atoms with van der Waals surface area (Å²) < 4.78 is 39.2. The molecule has 2 atom stereocenters. The van der Waals surface area contributed by atoms with Crippen molar-refractivity contribution in [2.75, 3.05) is 6.54 Å². The van der Waals surface area contributed by atoms with Crippen LogP contribution >= 0.6 is 11.3 Å². The molecule has 0 radical (unpaired) electrons. The molecule has 1 aliphatic heterocycles. The number of hydrogen-bond acceptors (Lipinski definition) is 6. The van der Waals surface area contributed by atoms with Gasteiger partial charge in [0.2, 0.25) is 5.91 Å². The highest BCUT2D eigenvalue weighted by molar-refractivity contribution is 7.09. The molecule has 10 heteroatoms. The summed E-state index contributed by atoms with van der Waals surface area (Å²) in [6.07, 6.45) is 5.43. The van der Waals surface area contributed by atoms with Gasteiger partial charge in [-0.05, 0) is 56.6 Å². The molecule has 2 saturated carbocycles. The minimum Gasteiger partial charge on any atom is -0.383 e. The van der Waals surface area contributed by atoms with Crippen molar-refractivity contribution < 1.29 is 23.1 Å². The van der Waals surface area contributed by atoms with Gasteiger partial charge in [-0.15, -0.1) is 11.3 Å². The smallest absolute Gasteiger partial charge is 0.383 e. The topological polar surface area (TPSA) is 78.3 Å². The third-order valence-electron chi connectivity index (χ3n) is 7.58. The predicted molar refractivity (Wildman–Crippen MR) is 137 cm³/mol. The minimum atomic E-state index is -4.44. The number of carbonyl (C=O) groups excluding carboxylic acids is 1. The van der Waals surface area contributed by atoms with E-state index in [1.165, 1.54) is 17.8 Å². The first-order valence-electron chi connectivity index (χ1n) is 13.3. The zero-order valence-corrected chi connectivity index (χ0v) is 22.4. The number of thiazole rings is 1. The standard InChI is InChI=1S/C24H29F3N4O2S.C3H8/c25-24(26,27)17-11-16-14-31(9-5-20(16)29-13-17)21(32)15-1-2-19(12-15)30-18-3-6-23(33,7-4-18)22-28-8-10-34-22;1-3-2/h8,10-11,13,15,18-19,30,33H,1-7,9,12,14H2;3H2,1-2H3. The van der Waals surface area contributed by atoms with Crippen LogP contribution in [0.25, 0.3) is 0 Å². The molecule has 2 aromatic rings. The lowest BCUT2D eigenvalue weighted by atomic mass is 9.82. The number of aliphatic hydroxyl groups is 1. The van der Waals surface area contributed by atoms with Crippen molar-refractivity contribution in [3.8, 4) is 0 Å². The van der Waals surface area contributed by atoms with Gasteiger partial charge in [0.05, 0.1) is 5.56 Å². The number of nitrogens with zero attached hydrogens (tertiary/aromatic N) is 3. The molecular formula is C27H37F3N4O2S. The Bertz CT molecular complexity index is 1040. The van der Waals surface area contributed by atoms with Crippen LogP contribution in [0, 0.1) is 5.92 Å². The van der Waals surface area contributed by atoms with E-state index in [1.807, 2.05) is 5.38 Å². The minimum absolute atomic E-state index is 0.0363. The maximum Gasteiger partial charge on any atom is 0.417 e. The van der Waals surface area contributed by atoms with Gasteiger partial charge in [0.25, 0.3) is 0 Å². The first kappa shape index (κ1) is 28.0. The first-order valence-corrected chi connectivity index (χ1v) is 14.2. The molecule has 37 heavy (non-hydrogen) atoms. The highest BCUT2D eigenvalue weighted by Gasteiger charge is 2.39. The fourth-order valence-corrected chi connectivity index (χ4v) is 6.44. The van der Waals surface area contributed by atoms with Gasteiger partial charge in [0, 0.05) is 61.0 Å². The molecule has 1 amide bonds. The Morgan fingerprint density at radius 3 is 2.57 bits per heavy atom. The van der Waals surface area contributed by atoms with Gasteiger partial charge in [-0.3, -0.25) is 9.78 Å². The van der Waals surface area contributed by atoms with Crippen molar-refractivity contribution in [3.05, 3.63) is 45.7 Å². The van der Waals surface area contributed by atoms with E-state index < -0.39 is 17.3 Å². The van der Waals surface area contributed by atoms with Crippen LogP contribution < -0.4 is 5.32 Å². The van der Waals surface area contributed by atoms with Gasteiger partial charge in [-0.25, -0.2) is 4.98 Å². The van der Waals surface area contributed by atoms with E-state index in [0.29, 0.717) is 43.1 Å². The van der Waals surface area contributed by atoms with E-state index in [2.05, 4.69) is 29.1 Å². The van der Waals surface area contributed by atoms with Crippen LogP contribution in [0.5, 0.6) is 0 Å². The Balaban J connectivity index is 0.00000102. The van der Waals surface area contributed by atoms with Crippen LogP contribution in [0.1, 0.15) is 87.0 Å². The number of fused-ring (bicyclic) bond motifs is 1. The first-order chi connectivity index (χ1) is 17.6. The van der Waals surface area contributed by atoms with Crippen molar-refractivity contribution in [1.29, 1.82) is 0 Å². The molecular weight excluding hydrogens is 501 g/mol. The van der Waals surface area contributed by atoms with Crippen molar-refractivity contribution in [1.82, 2.24) is 20.2 Å².